The molecular formula is C23H21N3O5S. The number of hydrogen-bond acceptors (Lipinski definition) is 7. The molecule has 0 aromatic heterocycles. The molecule has 2 aromatic carbocycles. The molecule has 3 rings (SSSR count). The fourth-order valence-electron chi connectivity index (χ4n) is 3.55. The normalized spacial score (nSPS) is 16.7. The Morgan fingerprint density at radius 2 is 1.97 bits per heavy atom. The summed E-state index contributed by atoms with van der Waals surface area (Å²) < 4.78 is 18.3. The van der Waals surface area contributed by atoms with Gasteiger partial charge in [-0.05, 0) is 31.5 Å². The van der Waals surface area contributed by atoms with Crippen molar-refractivity contribution in [1.82, 2.24) is 5.32 Å². The minimum atomic E-state index is -1.48. The van der Waals surface area contributed by atoms with Gasteiger partial charge >= 0.3 is 5.97 Å². The topological polar surface area (TPSA) is 122 Å². The van der Waals surface area contributed by atoms with Crippen LogP contribution in [0.1, 0.15) is 25.3 Å². The molecule has 32 heavy (non-hydrogen) atoms. The number of esters is 1. The van der Waals surface area contributed by atoms with Crippen LogP contribution in [0.5, 0.6) is 0 Å². The van der Waals surface area contributed by atoms with Gasteiger partial charge in [0.05, 0.1) is 51.2 Å². The summed E-state index contributed by atoms with van der Waals surface area (Å²) >= 11 is 0. The summed E-state index contributed by atoms with van der Waals surface area (Å²) in [4.78, 5) is 24.4. The number of dihydropyridines is 1. The fourth-order valence-corrected chi connectivity index (χ4v) is 4.66. The van der Waals surface area contributed by atoms with Crippen molar-refractivity contribution in [2.75, 3.05) is 12.4 Å². The number of nitro groups is 1. The minimum absolute atomic E-state index is 0.0142. The molecule has 0 spiro atoms. The lowest BCUT2D eigenvalue weighted by Crippen LogP contribution is -2.32. The third-order valence-electron chi connectivity index (χ3n) is 4.96. The van der Waals surface area contributed by atoms with Crippen LogP contribution in [-0.2, 0) is 20.3 Å². The first-order valence-corrected chi connectivity index (χ1v) is 11.1. The van der Waals surface area contributed by atoms with E-state index in [0.29, 0.717) is 21.9 Å². The average Bonchev–Trinajstić information content (AvgIpc) is 2.79. The van der Waals surface area contributed by atoms with Crippen molar-refractivity contribution in [2.24, 2.45) is 0 Å². The van der Waals surface area contributed by atoms with E-state index in [2.05, 4.69) is 11.4 Å². The zero-order valence-corrected chi connectivity index (χ0v) is 18.3. The molecule has 0 saturated heterocycles. The van der Waals surface area contributed by atoms with Gasteiger partial charge in [0.2, 0.25) is 0 Å². The van der Waals surface area contributed by atoms with Crippen LogP contribution in [-0.4, -0.2) is 27.5 Å². The van der Waals surface area contributed by atoms with Crippen LogP contribution < -0.4 is 5.32 Å². The second-order valence-electron chi connectivity index (χ2n) is 6.98. The van der Waals surface area contributed by atoms with E-state index in [0.717, 1.165) is 0 Å². The monoisotopic (exact) mass is 451 g/mol. The molecule has 164 valence electrons. The molecule has 1 aliphatic rings. The van der Waals surface area contributed by atoms with Gasteiger partial charge in [0.15, 0.2) is 0 Å². The van der Waals surface area contributed by atoms with Gasteiger partial charge in [0, 0.05) is 28.4 Å². The van der Waals surface area contributed by atoms with Gasteiger partial charge in [-0.3, -0.25) is 14.3 Å². The van der Waals surface area contributed by atoms with Crippen LogP contribution >= 0.6 is 0 Å². The Labute approximate surface area is 187 Å². The van der Waals surface area contributed by atoms with E-state index in [-0.39, 0.29) is 29.2 Å². The highest BCUT2D eigenvalue weighted by atomic mass is 32.2. The van der Waals surface area contributed by atoms with E-state index < -0.39 is 27.6 Å². The molecule has 0 fully saturated rings. The molecule has 9 heteroatoms. The second-order valence-corrected chi connectivity index (χ2v) is 8.43. The molecule has 0 amide bonds. The number of ether oxygens (including phenoxy) is 1. The van der Waals surface area contributed by atoms with E-state index in [1.165, 1.54) is 18.2 Å². The first-order chi connectivity index (χ1) is 15.4. The maximum Gasteiger partial charge on any atom is 0.336 e. The summed E-state index contributed by atoms with van der Waals surface area (Å²) in [5.41, 5.74) is 1.45. The Kier molecular flexibility index (Phi) is 7.18. The van der Waals surface area contributed by atoms with Crippen molar-refractivity contribution in [2.45, 2.75) is 24.7 Å². The highest BCUT2D eigenvalue weighted by Crippen LogP contribution is 2.39. The molecule has 1 heterocycles. The summed E-state index contributed by atoms with van der Waals surface area (Å²) in [7, 11) is -1.48. The van der Waals surface area contributed by atoms with Crippen LogP contribution in [0.4, 0.5) is 5.69 Å². The van der Waals surface area contributed by atoms with Crippen LogP contribution in [0.2, 0.25) is 0 Å². The molecule has 2 unspecified atom stereocenters. The van der Waals surface area contributed by atoms with Crippen molar-refractivity contribution in [3.8, 4) is 6.07 Å². The summed E-state index contributed by atoms with van der Waals surface area (Å²) in [5.74, 6) is -1.57. The molecule has 8 nitrogen and oxygen atoms in total. The number of carbonyl (C=O) groups excluding carboxylic acids is 1. The van der Waals surface area contributed by atoms with Gasteiger partial charge in [-0.15, -0.1) is 0 Å². The lowest BCUT2D eigenvalue weighted by molar-refractivity contribution is -0.384. The zero-order valence-electron chi connectivity index (χ0n) is 17.5. The molecular weight excluding hydrogens is 430 g/mol. The van der Waals surface area contributed by atoms with Gasteiger partial charge in [-0.2, -0.15) is 5.26 Å². The average molecular weight is 452 g/mol. The molecule has 0 aliphatic carbocycles. The van der Waals surface area contributed by atoms with Gasteiger partial charge in [-0.1, -0.05) is 30.3 Å². The molecule has 0 saturated carbocycles. The highest BCUT2D eigenvalue weighted by molar-refractivity contribution is 7.85. The lowest BCUT2D eigenvalue weighted by atomic mass is 9.81. The quantitative estimate of drug-likeness (QED) is 0.387. The Morgan fingerprint density at radius 3 is 2.59 bits per heavy atom. The zero-order chi connectivity index (χ0) is 23.3. The number of nitrogens with zero attached hydrogens (tertiary/aromatic N) is 2. The van der Waals surface area contributed by atoms with Crippen molar-refractivity contribution in [1.29, 1.82) is 5.26 Å². The molecule has 2 aromatic rings. The number of rotatable bonds is 7. The number of nitrogens with one attached hydrogen (secondary N) is 1. The van der Waals surface area contributed by atoms with Crippen molar-refractivity contribution >= 4 is 22.5 Å². The van der Waals surface area contributed by atoms with E-state index in [1.54, 1.807) is 44.2 Å². The summed E-state index contributed by atoms with van der Waals surface area (Å²) in [6, 6.07) is 16.7. The highest BCUT2D eigenvalue weighted by Gasteiger charge is 2.36. The predicted octanol–water partition coefficient (Wildman–Crippen LogP) is 3.70. The molecule has 1 N–H and O–H groups in total. The number of nitro benzene ring substituents is 1. The van der Waals surface area contributed by atoms with E-state index >= 15 is 0 Å². The summed E-state index contributed by atoms with van der Waals surface area (Å²) in [5, 5.41) is 24.2. The number of non-ortho nitro benzene ring substituents is 1. The number of carbonyl (C=O) groups is 1. The molecule has 2 atom stereocenters. The van der Waals surface area contributed by atoms with Crippen LogP contribution in [0.25, 0.3) is 0 Å². The van der Waals surface area contributed by atoms with E-state index in [1.807, 2.05) is 6.07 Å². The number of nitriles is 1. The van der Waals surface area contributed by atoms with Crippen LogP contribution in [0.3, 0.4) is 0 Å². The Balaban J connectivity index is 2.17. The number of benzene rings is 2. The second kappa shape index (κ2) is 10.0. The minimum Gasteiger partial charge on any atom is -0.463 e. The standard InChI is InChI=1S/C23H21N3O5S/c1-3-31-23(27)22-20(14-32(30)18-10-5-4-6-11-18)25-15(2)19(13-24)21(22)16-8-7-9-17(12-16)26(28)29/h4-12,21,25H,3,14H2,1-2H3. The van der Waals surface area contributed by atoms with Crippen LogP contribution in [0.15, 0.2) is 82.0 Å². The molecule has 0 radical (unpaired) electrons. The maximum atomic E-state index is 13.0. The van der Waals surface area contributed by atoms with Crippen molar-refractivity contribution < 1.29 is 18.7 Å². The molecule has 1 aliphatic heterocycles. The SMILES string of the molecule is CCOC(=O)C1=C(CS(=O)c2ccccc2)NC(C)=C(C#N)C1c1cccc([N+](=O)[O-])c1. The van der Waals surface area contributed by atoms with E-state index in [4.69, 9.17) is 4.74 Å². The third kappa shape index (κ3) is 4.76. The first kappa shape index (κ1) is 22.9. The first-order valence-electron chi connectivity index (χ1n) is 9.83. The smallest absolute Gasteiger partial charge is 0.336 e. The van der Waals surface area contributed by atoms with Crippen molar-refractivity contribution in [3.63, 3.8) is 0 Å². The van der Waals surface area contributed by atoms with Gasteiger partial charge in [0.25, 0.3) is 5.69 Å². The summed E-state index contributed by atoms with van der Waals surface area (Å²) in [6.07, 6.45) is 0. The number of hydrogen-bond donors (Lipinski definition) is 1. The van der Waals surface area contributed by atoms with Crippen LogP contribution in [0, 0.1) is 21.4 Å². The van der Waals surface area contributed by atoms with Gasteiger partial charge in [-0.25, -0.2) is 4.79 Å². The fraction of sp³-hybridized carbons (Fsp3) is 0.217. The molecule has 0 bridgehead atoms. The van der Waals surface area contributed by atoms with Gasteiger partial charge in [0.1, 0.15) is 0 Å². The Morgan fingerprint density at radius 1 is 1.25 bits per heavy atom. The maximum absolute atomic E-state index is 13.0. The largest absolute Gasteiger partial charge is 0.463 e. The number of allylic oxidation sites excluding steroid dienone is 2. The van der Waals surface area contributed by atoms with E-state index in [9.17, 15) is 24.4 Å². The predicted molar refractivity (Wildman–Crippen MR) is 119 cm³/mol. The van der Waals surface area contributed by atoms with Gasteiger partial charge < -0.3 is 10.1 Å². The summed E-state index contributed by atoms with van der Waals surface area (Å²) in [6.45, 7) is 3.44. The Hall–Kier alpha value is -3.77. The lowest BCUT2D eigenvalue weighted by Gasteiger charge is -2.29. The third-order valence-corrected chi connectivity index (χ3v) is 6.31. The van der Waals surface area contributed by atoms with Crippen molar-refractivity contribution in [3.05, 3.63) is 92.8 Å². The Bertz CT molecular complexity index is 1180.